The van der Waals surface area contributed by atoms with E-state index in [1.54, 1.807) is 29.2 Å². The lowest BCUT2D eigenvalue weighted by Crippen LogP contribution is -2.28. The van der Waals surface area contributed by atoms with E-state index in [2.05, 4.69) is 26.6 Å². The van der Waals surface area contributed by atoms with Crippen LogP contribution < -0.4 is 15.5 Å². The van der Waals surface area contributed by atoms with Crippen molar-refractivity contribution in [2.75, 3.05) is 22.1 Å². The van der Waals surface area contributed by atoms with Crippen LogP contribution in [0.3, 0.4) is 0 Å². The lowest BCUT2D eigenvalue weighted by Gasteiger charge is -2.17. The van der Waals surface area contributed by atoms with Crippen molar-refractivity contribution in [2.24, 2.45) is 5.92 Å². The summed E-state index contributed by atoms with van der Waals surface area (Å²) in [7, 11) is 0. The van der Waals surface area contributed by atoms with E-state index in [0.29, 0.717) is 23.6 Å². The Hall–Kier alpha value is -2.67. The van der Waals surface area contributed by atoms with Crippen LogP contribution in [0.2, 0.25) is 0 Å². The molecule has 1 aliphatic heterocycles. The van der Waals surface area contributed by atoms with Gasteiger partial charge in [-0.25, -0.2) is 0 Å². The predicted molar refractivity (Wildman–Crippen MR) is 109 cm³/mol. The van der Waals surface area contributed by atoms with Gasteiger partial charge in [0.15, 0.2) is 0 Å². The summed E-state index contributed by atoms with van der Waals surface area (Å²) in [5, 5.41) is 5.58. The molecule has 1 heterocycles. The molecule has 0 aromatic heterocycles. The maximum absolute atomic E-state index is 12.6. The Morgan fingerprint density at radius 3 is 2.37 bits per heavy atom. The number of benzene rings is 2. The minimum absolute atomic E-state index is 0.0885. The second kappa shape index (κ2) is 7.92. The van der Waals surface area contributed by atoms with Crippen molar-refractivity contribution < 1.29 is 14.4 Å². The molecule has 0 spiro atoms. The first-order valence-corrected chi connectivity index (χ1v) is 9.38. The van der Waals surface area contributed by atoms with Crippen LogP contribution in [0, 0.1) is 12.8 Å². The fourth-order valence-corrected chi connectivity index (χ4v) is 3.27. The number of anilines is 3. The van der Waals surface area contributed by atoms with Crippen molar-refractivity contribution in [2.45, 2.75) is 20.3 Å². The molecule has 1 fully saturated rings. The highest BCUT2D eigenvalue weighted by molar-refractivity contribution is 9.10. The molecule has 6 nitrogen and oxygen atoms in total. The van der Waals surface area contributed by atoms with Gasteiger partial charge in [-0.3, -0.25) is 14.4 Å². The quantitative estimate of drug-likeness (QED) is 0.777. The van der Waals surface area contributed by atoms with Gasteiger partial charge in [0.1, 0.15) is 0 Å². The number of hydrogen-bond acceptors (Lipinski definition) is 3. The molecule has 1 atom stereocenters. The van der Waals surface area contributed by atoms with E-state index in [1.165, 1.54) is 6.92 Å². The van der Waals surface area contributed by atoms with Crippen LogP contribution in [-0.2, 0) is 14.4 Å². The van der Waals surface area contributed by atoms with Gasteiger partial charge in [-0.1, -0.05) is 15.9 Å². The highest BCUT2D eigenvalue weighted by Gasteiger charge is 2.35. The predicted octanol–water partition coefficient (Wildman–Crippen LogP) is 3.71. The average Bonchev–Trinajstić information content (AvgIpc) is 3.00. The molecule has 3 rings (SSSR count). The summed E-state index contributed by atoms with van der Waals surface area (Å²) in [6, 6.07) is 12.6. The number of nitrogens with zero attached hydrogens (tertiary/aromatic N) is 1. The summed E-state index contributed by atoms with van der Waals surface area (Å²) in [6.45, 7) is 3.72. The fraction of sp³-hybridized carbons (Fsp3) is 0.250. The molecular formula is C20H20BrN3O3. The van der Waals surface area contributed by atoms with Crippen LogP contribution in [0.25, 0.3) is 0 Å². The number of rotatable bonds is 4. The number of halogens is 1. The number of nitrogens with one attached hydrogen (secondary N) is 2. The Morgan fingerprint density at radius 1 is 1.07 bits per heavy atom. The number of aryl methyl sites for hydroxylation is 1. The summed E-state index contributed by atoms with van der Waals surface area (Å²) < 4.78 is 0.977. The minimum Gasteiger partial charge on any atom is -0.326 e. The van der Waals surface area contributed by atoms with E-state index in [0.717, 1.165) is 10.0 Å². The third kappa shape index (κ3) is 4.54. The van der Waals surface area contributed by atoms with Gasteiger partial charge in [0.05, 0.1) is 5.92 Å². The largest absolute Gasteiger partial charge is 0.326 e. The molecule has 7 heteroatoms. The molecule has 0 bridgehead atoms. The number of carbonyl (C=O) groups excluding carboxylic acids is 3. The Kier molecular flexibility index (Phi) is 5.60. The van der Waals surface area contributed by atoms with Gasteiger partial charge < -0.3 is 15.5 Å². The first kappa shape index (κ1) is 19.1. The van der Waals surface area contributed by atoms with Crippen LogP contribution in [0.15, 0.2) is 46.9 Å². The Morgan fingerprint density at radius 2 is 1.74 bits per heavy atom. The SMILES string of the molecule is CC(=O)Nc1ccc(N2CC(C(=O)Nc3ccc(Br)c(C)c3)CC2=O)cc1. The molecule has 0 aliphatic carbocycles. The van der Waals surface area contributed by atoms with E-state index < -0.39 is 5.92 Å². The monoisotopic (exact) mass is 429 g/mol. The Balaban J connectivity index is 1.66. The lowest BCUT2D eigenvalue weighted by atomic mass is 10.1. The average molecular weight is 430 g/mol. The smallest absolute Gasteiger partial charge is 0.229 e. The molecule has 2 aromatic carbocycles. The molecule has 3 amide bonds. The zero-order valence-corrected chi connectivity index (χ0v) is 16.7. The van der Waals surface area contributed by atoms with Crippen molar-refractivity contribution in [1.29, 1.82) is 0 Å². The first-order chi connectivity index (χ1) is 12.8. The molecule has 0 radical (unpaired) electrons. The van der Waals surface area contributed by atoms with E-state index in [1.807, 2.05) is 25.1 Å². The van der Waals surface area contributed by atoms with Gasteiger partial charge >= 0.3 is 0 Å². The molecule has 0 saturated carbocycles. The van der Waals surface area contributed by atoms with Crippen LogP contribution in [0.1, 0.15) is 18.9 Å². The maximum atomic E-state index is 12.6. The number of hydrogen-bond donors (Lipinski definition) is 2. The molecule has 27 heavy (non-hydrogen) atoms. The van der Waals surface area contributed by atoms with E-state index in [9.17, 15) is 14.4 Å². The van der Waals surface area contributed by atoms with Gasteiger partial charge in [0, 0.05) is 41.4 Å². The zero-order chi connectivity index (χ0) is 19.6. The Labute approximate surface area is 166 Å². The van der Waals surface area contributed by atoms with Crippen molar-refractivity contribution in [3.8, 4) is 0 Å². The van der Waals surface area contributed by atoms with Crippen LogP contribution in [0.4, 0.5) is 17.1 Å². The topological polar surface area (TPSA) is 78.5 Å². The second-order valence-electron chi connectivity index (χ2n) is 6.59. The molecule has 1 unspecified atom stereocenters. The zero-order valence-electron chi connectivity index (χ0n) is 15.1. The van der Waals surface area contributed by atoms with Crippen LogP contribution >= 0.6 is 15.9 Å². The summed E-state index contributed by atoms with van der Waals surface area (Å²) >= 11 is 3.43. The van der Waals surface area contributed by atoms with Gasteiger partial charge in [-0.05, 0) is 55.0 Å². The minimum atomic E-state index is -0.406. The summed E-state index contributed by atoms with van der Waals surface area (Å²) in [4.78, 5) is 37.6. The van der Waals surface area contributed by atoms with Crippen LogP contribution in [0.5, 0.6) is 0 Å². The normalized spacial score (nSPS) is 16.3. The van der Waals surface area contributed by atoms with Crippen LogP contribution in [-0.4, -0.2) is 24.3 Å². The second-order valence-corrected chi connectivity index (χ2v) is 7.44. The van der Waals surface area contributed by atoms with Crippen molar-refractivity contribution >= 4 is 50.7 Å². The number of amides is 3. The van der Waals surface area contributed by atoms with E-state index >= 15 is 0 Å². The summed E-state index contributed by atoms with van der Waals surface area (Å²) in [6.07, 6.45) is 0.175. The van der Waals surface area contributed by atoms with E-state index in [4.69, 9.17) is 0 Å². The van der Waals surface area contributed by atoms with Crippen molar-refractivity contribution in [1.82, 2.24) is 0 Å². The summed E-state index contributed by atoms with van der Waals surface area (Å²) in [5.74, 6) is -0.812. The molecule has 140 valence electrons. The van der Waals surface area contributed by atoms with Crippen molar-refractivity contribution in [3.63, 3.8) is 0 Å². The molecule has 2 N–H and O–H groups in total. The highest BCUT2D eigenvalue weighted by atomic mass is 79.9. The third-order valence-corrected chi connectivity index (χ3v) is 5.31. The van der Waals surface area contributed by atoms with Gasteiger partial charge in [0.2, 0.25) is 17.7 Å². The van der Waals surface area contributed by atoms with Gasteiger partial charge in [-0.15, -0.1) is 0 Å². The first-order valence-electron chi connectivity index (χ1n) is 8.58. The third-order valence-electron chi connectivity index (χ3n) is 4.42. The molecular weight excluding hydrogens is 410 g/mol. The van der Waals surface area contributed by atoms with Gasteiger partial charge in [0.25, 0.3) is 0 Å². The van der Waals surface area contributed by atoms with E-state index in [-0.39, 0.29) is 24.1 Å². The molecule has 1 saturated heterocycles. The van der Waals surface area contributed by atoms with Gasteiger partial charge in [-0.2, -0.15) is 0 Å². The fourth-order valence-electron chi connectivity index (χ4n) is 3.03. The lowest BCUT2D eigenvalue weighted by molar-refractivity contribution is -0.122. The Bertz CT molecular complexity index is 896. The summed E-state index contributed by atoms with van der Waals surface area (Å²) in [5.41, 5.74) is 3.11. The standard InChI is InChI=1S/C20H20BrN3O3/c1-12-9-16(5-8-18(12)21)23-20(27)14-10-19(26)24(11-14)17-6-3-15(4-7-17)22-13(2)25/h3-9,14H,10-11H2,1-2H3,(H,22,25)(H,23,27). The molecule has 2 aromatic rings. The molecule has 1 aliphatic rings. The maximum Gasteiger partial charge on any atom is 0.229 e. The highest BCUT2D eigenvalue weighted by Crippen LogP contribution is 2.28. The number of carbonyl (C=O) groups is 3. The van der Waals surface area contributed by atoms with Crippen molar-refractivity contribution in [3.05, 3.63) is 52.5 Å².